The number of rotatable bonds is 4. The average molecular weight is 275 g/mol. The third-order valence-corrected chi connectivity index (χ3v) is 3.73. The van der Waals surface area contributed by atoms with Gasteiger partial charge in [0, 0.05) is 0 Å². The fraction of sp³-hybridized carbons (Fsp3) is 0.250. The summed E-state index contributed by atoms with van der Waals surface area (Å²) in [6, 6.07) is 15.5. The molecule has 0 heterocycles. The largest absolute Gasteiger partial charge is 0.487 e. The van der Waals surface area contributed by atoms with Crippen LogP contribution >= 0.6 is 11.6 Å². The Morgan fingerprint density at radius 1 is 1.11 bits per heavy atom. The Morgan fingerprint density at radius 3 is 2.47 bits per heavy atom. The second-order valence-electron chi connectivity index (χ2n) is 4.95. The number of hydrogen-bond donors (Lipinski definition) is 1. The molecular formula is C16H15ClO2. The van der Waals surface area contributed by atoms with Crippen molar-refractivity contribution in [2.24, 2.45) is 0 Å². The lowest BCUT2D eigenvalue weighted by Gasteiger charge is -2.12. The van der Waals surface area contributed by atoms with Crippen molar-refractivity contribution < 1.29 is 9.84 Å². The number of aliphatic hydroxyl groups is 1. The van der Waals surface area contributed by atoms with Gasteiger partial charge in [-0.1, -0.05) is 48.0 Å². The van der Waals surface area contributed by atoms with Crippen LogP contribution in [0.4, 0.5) is 0 Å². The summed E-state index contributed by atoms with van der Waals surface area (Å²) >= 11 is 6.19. The van der Waals surface area contributed by atoms with Crippen molar-refractivity contribution in [2.75, 3.05) is 0 Å². The van der Waals surface area contributed by atoms with E-state index in [0.717, 1.165) is 24.0 Å². The molecule has 0 atom stereocenters. The number of ether oxygens (including phenoxy) is 1. The van der Waals surface area contributed by atoms with Crippen LogP contribution in [0.5, 0.6) is 5.75 Å². The Kier molecular flexibility index (Phi) is 3.21. The van der Waals surface area contributed by atoms with Crippen molar-refractivity contribution in [2.45, 2.75) is 25.0 Å². The van der Waals surface area contributed by atoms with Crippen LogP contribution in [0.25, 0.3) is 0 Å². The first-order valence-corrected chi connectivity index (χ1v) is 6.74. The van der Waals surface area contributed by atoms with Gasteiger partial charge >= 0.3 is 0 Å². The summed E-state index contributed by atoms with van der Waals surface area (Å²) in [5.74, 6) is 0.651. The van der Waals surface area contributed by atoms with E-state index in [4.69, 9.17) is 16.3 Å². The van der Waals surface area contributed by atoms with Gasteiger partial charge in [-0.2, -0.15) is 0 Å². The highest BCUT2D eigenvalue weighted by Gasteiger charge is 2.42. The molecule has 0 aliphatic heterocycles. The molecule has 1 fully saturated rings. The highest BCUT2D eigenvalue weighted by Crippen LogP contribution is 2.46. The summed E-state index contributed by atoms with van der Waals surface area (Å²) in [6.07, 6.45) is 1.63. The lowest BCUT2D eigenvalue weighted by molar-refractivity contribution is 0.151. The third kappa shape index (κ3) is 2.75. The fourth-order valence-corrected chi connectivity index (χ4v) is 2.28. The zero-order chi connectivity index (χ0) is 13.3. The second-order valence-corrected chi connectivity index (χ2v) is 5.36. The highest BCUT2D eigenvalue weighted by atomic mass is 35.5. The molecule has 0 spiro atoms. The Labute approximate surface area is 117 Å². The quantitative estimate of drug-likeness (QED) is 0.916. The first-order chi connectivity index (χ1) is 9.17. The monoisotopic (exact) mass is 274 g/mol. The van der Waals surface area contributed by atoms with E-state index in [0.29, 0.717) is 17.4 Å². The summed E-state index contributed by atoms with van der Waals surface area (Å²) < 4.78 is 5.70. The minimum Gasteiger partial charge on any atom is -0.487 e. The summed E-state index contributed by atoms with van der Waals surface area (Å²) in [6.45, 7) is 0.490. The van der Waals surface area contributed by atoms with Crippen molar-refractivity contribution >= 4 is 11.6 Å². The second kappa shape index (κ2) is 4.87. The smallest absolute Gasteiger partial charge is 0.138 e. The molecule has 19 heavy (non-hydrogen) atoms. The van der Waals surface area contributed by atoms with Gasteiger partial charge in [-0.05, 0) is 36.1 Å². The van der Waals surface area contributed by atoms with Gasteiger partial charge in [0.2, 0.25) is 0 Å². The van der Waals surface area contributed by atoms with Gasteiger partial charge in [0.05, 0.1) is 10.6 Å². The molecule has 98 valence electrons. The third-order valence-electron chi connectivity index (χ3n) is 3.43. The van der Waals surface area contributed by atoms with Gasteiger partial charge in [0.15, 0.2) is 0 Å². The normalized spacial score (nSPS) is 16.1. The Hall–Kier alpha value is -1.51. The lowest BCUT2D eigenvalue weighted by Crippen LogP contribution is -2.04. The predicted molar refractivity (Wildman–Crippen MR) is 75.4 cm³/mol. The molecule has 3 heteroatoms. The summed E-state index contributed by atoms with van der Waals surface area (Å²) in [7, 11) is 0. The Morgan fingerprint density at radius 2 is 1.84 bits per heavy atom. The van der Waals surface area contributed by atoms with E-state index in [9.17, 15) is 5.11 Å². The summed E-state index contributed by atoms with van der Waals surface area (Å²) in [4.78, 5) is 0. The van der Waals surface area contributed by atoms with Crippen LogP contribution in [-0.2, 0) is 12.2 Å². The van der Waals surface area contributed by atoms with Crippen LogP contribution < -0.4 is 4.74 Å². The minimum absolute atomic E-state index is 0.490. The van der Waals surface area contributed by atoms with E-state index in [-0.39, 0.29) is 0 Å². The Balaban J connectivity index is 1.71. The van der Waals surface area contributed by atoms with E-state index in [1.165, 1.54) is 0 Å². The maximum absolute atomic E-state index is 10.0. The molecule has 3 rings (SSSR count). The van der Waals surface area contributed by atoms with Gasteiger partial charge in [0.25, 0.3) is 0 Å². The molecule has 0 saturated heterocycles. The molecule has 0 bridgehead atoms. The van der Waals surface area contributed by atoms with Crippen LogP contribution in [-0.4, -0.2) is 5.11 Å². The summed E-state index contributed by atoms with van der Waals surface area (Å²) in [5, 5.41) is 10.6. The maximum atomic E-state index is 10.0. The van der Waals surface area contributed by atoms with Crippen LogP contribution in [0.2, 0.25) is 5.02 Å². The van der Waals surface area contributed by atoms with Gasteiger partial charge in [-0.3, -0.25) is 0 Å². The van der Waals surface area contributed by atoms with Crippen molar-refractivity contribution in [1.82, 2.24) is 0 Å². The van der Waals surface area contributed by atoms with Gasteiger partial charge in [-0.25, -0.2) is 0 Å². The van der Waals surface area contributed by atoms with Crippen molar-refractivity contribution in [3.63, 3.8) is 0 Å². The Bertz CT molecular complexity index is 577. The molecule has 0 unspecified atom stereocenters. The first kappa shape index (κ1) is 12.5. The molecule has 1 saturated carbocycles. The highest BCUT2D eigenvalue weighted by molar-refractivity contribution is 6.32. The SMILES string of the molecule is OC1(c2ccc(OCc3ccccc3)c(Cl)c2)CC1. The standard InChI is InChI=1S/C16H15ClO2/c17-14-10-13(16(18)8-9-16)6-7-15(14)19-11-12-4-2-1-3-5-12/h1-7,10,18H,8-9,11H2. The fourth-order valence-electron chi connectivity index (χ4n) is 2.05. The van der Waals surface area contributed by atoms with Crippen molar-refractivity contribution in [1.29, 1.82) is 0 Å². The molecule has 2 nitrogen and oxygen atoms in total. The molecule has 2 aromatic rings. The van der Waals surface area contributed by atoms with E-state index < -0.39 is 5.60 Å². The average Bonchev–Trinajstić information content (AvgIpc) is 3.18. The molecule has 0 radical (unpaired) electrons. The van der Waals surface area contributed by atoms with E-state index in [1.807, 2.05) is 42.5 Å². The summed E-state index contributed by atoms with van der Waals surface area (Å²) in [5.41, 5.74) is 1.33. The topological polar surface area (TPSA) is 29.5 Å². The van der Waals surface area contributed by atoms with E-state index >= 15 is 0 Å². The molecule has 1 N–H and O–H groups in total. The number of halogens is 1. The van der Waals surface area contributed by atoms with E-state index in [2.05, 4.69) is 0 Å². The number of hydrogen-bond acceptors (Lipinski definition) is 2. The van der Waals surface area contributed by atoms with Crippen LogP contribution in [0, 0.1) is 0 Å². The number of benzene rings is 2. The molecule has 2 aromatic carbocycles. The van der Waals surface area contributed by atoms with Crippen molar-refractivity contribution in [3.05, 3.63) is 64.7 Å². The molecule has 1 aliphatic rings. The lowest BCUT2D eigenvalue weighted by atomic mass is 10.1. The van der Waals surface area contributed by atoms with Gasteiger partial charge < -0.3 is 9.84 Å². The van der Waals surface area contributed by atoms with E-state index in [1.54, 1.807) is 6.07 Å². The zero-order valence-corrected chi connectivity index (χ0v) is 11.2. The minimum atomic E-state index is -0.651. The molecule has 0 amide bonds. The van der Waals surface area contributed by atoms with Crippen molar-refractivity contribution in [3.8, 4) is 5.75 Å². The van der Waals surface area contributed by atoms with Crippen LogP contribution in [0.3, 0.4) is 0 Å². The first-order valence-electron chi connectivity index (χ1n) is 6.36. The molecule has 1 aliphatic carbocycles. The maximum Gasteiger partial charge on any atom is 0.138 e. The zero-order valence-electron chi connectivity index (χ0n) is 10.5. The van der Waals surface area contributed by atoms with Crippen LogP contribution in [0.15, 0.2) is 48.5 Å². The van der Waals surface area contributed by atoms with Crippen LogP contribution in [0.1, 0.15) is 24.0 Å². The molecule has 0 aromatic heterocycles. The van der Waals surface area contributed by atoms with Gasteiger partial charge in [0.1, 0.15) is 12.4 Å². The van der Waals surface area contributed by atoms with Gasteiger partial charge in [-0.15, -0.1) is 0 Å². The predicted octanol–water partition coefficient (Wildman–Crippen LogP) is 3.90. The molecular weight excluding hydrogens is 260 g/mol.